The van der Waals surface area contributed by atoms with Crippen LogP contribution in [0.2, 0.25) is 0 Å². The maximum absolute atomic E-state index is 5.47. The molecular formula is C7H6Br2N4S. The van der Waals surface area contributed by atoms with Gasteiger partial charge >= 0.3 is 0 Å². The fourth-order valence-corrected chi connectivity index (χ4v) is 2.86. The second-order valence-corrected chi connectivity index (χ2v) is 5.15. The number of nitrogen functional groups attached to an aromatic ring is 1. The smallest absolute Gasteiger partial charge is 0.240 e. The molecular weight excluding hydrogens is 332 g/mol. The van der Waals surface area contributed by atoms with E-state index in [1.807, 2.05) is 11.4 Å². The van der Waals surface area contributed by atoms with Crippen LogP contribution >= 0.6 is 43.2 Å². The van der Waals surface area contributed by atoms with Crippen molar-refractivity contribution >= 4 is 49.1 Å². The Bertz CT molecular complexity index is 450. The molecule has 74 valence electrons. The van der Waals surface area contributed by atoms with Gasteiger partial charge in [0.25, 0.3) is 0 Å². The van der Waals surface area contributed by atoms with Crippen LogP contribution in [0, 0.1) is 0 Å². The zero-order valence-corrected chi connectivity index (χ0v) is 10.9. The van der Waals surface area contributed by atoms with Crippen LogP contribution in [0.25, 0.3) is 0 Å². The molecule has 0 saturated carbocycles. The Labute approximate surface area is 101 Å². The molecule has 2 aromatic heterocycles. The molecule has 0 aromatic carbocycles. The van der Waals surface area contributed by atoms with Crippen molar-refractivity contribution in [2.24, 2.45) is 0 Å². The van der Waals surface area contributed by atoms with Crippen molar-refractivity contribution in [1.29, 1.82) is 0 Å². The van der Waals surface area contributed by atoms with E-state index in [0.29, 0.717) is 11.3 Å². The fraction of sp³-hybridized carbons (Fsp3) is 0.143. The predicted molar refractivity (Wildman–Crippen MR) is 63.3 cm³/mol. The molecule has 2 N–H and O–H groups in total. The molecule has 0 fully saturated rings. The van der Waals surface area contributed by atoms with Crippen LogP contribution in [0.3, 0.4) is 0 Å². The number of anilines is 1. The molecule has 0 unspecified atom stereocenters. The number of aromatic nitrogens is 3. The van der Waals surface area contributed by atoms with Crippen molar-refractivity contribution in [3.8, 4) is 0 Å². The normalized spacial score (nSPS) is 10.7. The number of halogens is 2. The molecule has 0 aliphatic heterocycles. The monoisotopic (exact) mass is 336 g/mol. The highest BCUT2D eigenvalue weighted by Gasteiger charge is 2.08. The van der Waals surface area contributed by atoms with Gasteiger partial charge in [-0.2, -0.15) is 4.98 Å². The van der Waals surface area contributed by atoms with E-state index in [1.165, 1.54) is 4.88 Å². The van der Waals surface area contributed by atoms with Gasteiger partial charge in [0.15, 0.2) is 4.73 Å². The van der Waals surface area contributed by atoms with Gasteiger partial charge in [-0.05, 0) is 43.3 Å². The summed E-state index contributed by atoms with van der Waals surface area (Å²) in [5, 5.41) is 6.07. The first-order valence-corrected chi connectivity index (χ1v) is 6.21. The standard InChI is InChI=1S/C7H6Br2N4S/c8-4-1-2-14-5(4)3-13-6(9)11-7(10)12-13/h1-2H,3H2,(H2,10,12). The van der Waals surface area contributed by atoms with Gasteiger partial charge in [0.2, 0.25) is 5.95 Å². The van der Waals surface area contributed by atoms with E-state index in [-0.39, 0.29) is 5.95 Å². The molecule has 4 nitrogen and oxygen atoms in total. The highest BCUT2D eigenvalue weighted by molar-refractivity contribution is 9.10. The molecule has 2 heterocycles. The van der Waals surface area contributed by atoms with E-state index in [4.69, 9.17) is 5.73 Å². The minimum absolute atomic E-state index is 0.282. The number of nitrogens with zero attached hydrogens (tertiary/aromatic N) is 3. The number of nitrogens with two attached hydrogens (primary N) is 1. The summed E-state index contributed by atoms with van der Waals surface area (Å²) >= 11 is 8.41. The first-order valence-electron chi connectivity index (χ1n) is 3.74. The average molecular weight is 338 g/mol. The highest BCUT2D eigenvalue weighted by Crippen LogP contribution is 2.24. The Balaban J connectivity index is 2.27. The summed E-state index contributed by atoms with van der Waals surface area (Å²) < 4.78 is 3.45. The SMILES string of the molecule is Nc1nc(Br)n(Cc2sccc2Br)n1. The molecule has 0 saturated heterocycles. The van der Waals surface area contributed by atoms with Gasteiger partial charge in [-0.25, -0.2) is 4.68 Å². The quantitative estimate of drug-likeness (QED) is 0.916. The van der Waals surface area contributed by atoms with Crippen molar-refractivity contribution in [1.82, 2.24) is 14.8 Å². The lowest BCUT2D eigenvalue weighted by Gasteiger charge is -1.99. The van der Waals surface area contributed by atoms with Crippen LogP contribution in [0.1, 0.15) is 4.88 Å². The number of rotatable bonds is 2. The van der Waals surface area contributed by atoms with Gasteiger partial charge in [-0.15, -0.1) is 16.4 Å². The van der Waals surface area contributed by atoms with Crippen molar-refractivity contribution in [2.75, 3.05) is 5.73 Å². The van der Waals surface area contributed by atoms with Gasteiger partial charge in [-0.1, -0.05) is 0 Å². The van der Waals surface area contributed by atoms with E-state index in [9.17, 15) is 0 Å². The van der Waals surface area contributed by atoms with E-state index in [2.05, 4.69) is 41.9 Å². The third-order valence-electron chi connectivity index (χ3n) is 1.63. The van der Waals surface area contributed by atoms with Gasteiger partial charge in [0.05, 0.1) is 6.54 Å². The Kier molecular flexibility index (Phi) is 2.89. The zero-order valence-electron chi connectivity index (χ0n) is 6.94. The van der Waals surface area contributed by atoms with E-state index in [0.717, 1.165) is 4.47 Å². The fourth-order valence-electron chi connectivity index (χ4n) is 1.01. The summed E-state index contributed by atoms with van der Waals surface area (Å²) in [6, 6.07) is 2.01. The third kappa shape index (κ3) is 1.99. The van der Waals surface area contributed by atoms with Crippen LogP contribution in [0.15, 0.2) is 20.7 Å². The molecule has 0 aliphatic rings. The molecule has 0 aliphatic carbocycles. The molecule has 14 heavy (non-hydrogen) atoms. The third-order valence-corrected chi connectivity index (χ3v) is 4.13. The van der Waals surface area contributed by atoms with Crippen molar-refractivity contribution < 1.29 is 0 Å². The Morgan fingerprint density at radius 2 is 2.29 bits per heavy atom. The lowest BCUT2D eigenvalue weighted by molar-refractivity contribution is 0.676. The Hall–Kier alpha value is -0.400. The van der Waals surface area contributed by atoms with Crippen molar-refractivity contribution in [3.63, 3.8) is 0 Å². The van der Waals surface area contributed by atoms with E-state index < -0.39 is 0 Å². The first kappa shape index (κ1) is 10.1. The number of hydrogen-bond donors (Lipinski definition) is 1. The number of hydrogen-bond acceptors (Lipinski definition) is 4. The van der Waals surface area contributed by atoms with Gasteiger partial charge in [0.1, 0.15) is 0 Å². The molecule has 0 atom stereocenters. The predicted octanol–water partition coefficient (Wildman–Crippen LogP) is 2.50. The van der Waals surface area contributed by atoms with Crippen LogP contribution in [0.4, 0.5) is 5.95 Å². The summed E-state index contributed by atoms with van der Waals surface area (Å²) in [7, 11) is 0. The van der Waals surface area contributed by atoms with Gasteiger partial charge < -0.3 is 5.73 Å². The summed E-state index contributed by atoms with van der Waals surface area (Å²) in [6.07, 6.45) is 0. The number of thiophene rings is 1. The van der Waals surface area contributed by atoms with E-state index >= 15 is 0 Å². The molecule has 0 bridgehead atoms. The first-order chi connectivity index (χ1) is 6.66. The maximum atomic E-state index is 5.47. The lowest BCUT2D eigenvalue weighted by Crippen LogP contribution is -2.01. The lowest BCUT2D eigenvalue weighted by atomic mass is 10.5. The van der Waals surface area contributed by atoms with Crippen LogP contribution < -0.4 is 5.73 Å². The van der Waals surface area contributed by atoms with Gasteiger partial charge in [0, 0.05) is 9.35 Å². The molecule has 2 rings (SSSR count). The summed E-state index contributed by atoms with van der Waals surface area (Å²) in [5.41, 5.74) is 5.47. The largest absolute Gasteiger partial charge is 0.366 e. The average Bonchev–Trinajstić information content (AvgIpc) is 2.62. The van der Waals surface area contributed by atoms with Crippen LogP contribution in [-0.4, -0.2) is 14.8 Å². The minimum atomic E-state index is 0.282. The summed E-state index contributed by atoms with van der Waals surface area (Å²) in [6.45, 7) is 0.670. The topological polar surface area (TPSA) is 56.7 Å². The highest BCUT2D eigenvalue weighted by atomic mass is 79.9. The van der Waals surface area contributed by atoms with Gasteiger partial charge in [-0.3, -0.25) is 0 Å². The Morgan fingerprint density at radius 3 is 2.79 bits per heavy atom. The second-order valence-electron chi connectivity index (χ2n) is 2.59. The van der Waals surface area contributed by atoms with Crippen LogP contribution in [0.5, 0.6) is 0 Å². The molecule has 7 heteroatoms. The zero-order chi connectivity index (χ0) is 10.1. The van der Waals surface area contributed by atoms with E-state index in [1.54, 1.807) is 16.0 Å². The Morgan fingerprint density at radius 1 is 1.50 bits per heavy atom. The molecule has 0 spiro atoms. The molecule has 0 amide bonds. The molecule has 2 aromatic rings. The summed E-state index contributed by atoms with van der Waals surface area (Å²) in [4.78, 5) is 5.15. The van der Waals surface area contributed by atoms with Crippen molar-refractivity contribution in [2.45, 2.75) is 6.54 Å². The summed E-state index contributed by atoms with van der Waals surface area (Å²) in [5.74, 6) is 0.282. The van der Waals surface area contributed by atoms with Crippen LogP contribution in [-0.2, 0) is 6.54 Å². The maximum Gasteiger partial charge on any atom is 0.240 e. The molecule has 0 radical (unpaired) electrons. The second kappa shape index (κ2) is 4.00. The van der Waals surface area contributed by atoms with Crippen molar-refractivity contribution in [3.05, 3.63) is 25.5 Å². The minimum Gasteiger partial charge on any atom is -0.366 e.